The maximum atomic E-state index is 11.4. The van der Waals surface area contributed by atoms with Crippen LogP contribution in [-0.2, 0) is 6.54 Å². The number of carbonyl (C=O) groups is 1. The van der Waals surface area contributed by atoms with Gasteiger partial charge in [0.2, 0.25) is 0 Å². The van der Waals surface area contributed by atoms with E-state index in [4.69, 9.17) is 17.3 Å². The van der Waals surface area contributed by atoms with E-state index in [0.717, 1.165) is 5.69 Å². The van der Waals surface area contributed by atoms with Gasteiger partial charge in [-0.15, -0.1) is 10.2 Å². The Labute approximate surface area is 114 Å². The summed E-state index contributed by atoms with van der Waals surface area (Å²) in [5.74, 6) is -0.264. The third kappa shape index (κ3) is 3.14. The number of nitrogens with zero attached hydrogens (tertiary/aromatic N) is 5. The largest absolute Gasteiger partial charge is 0.365 e. The lowest BCUT2D eigenvalue weighted by molar-refractivity contribution is 0.1000. The third-order valence-electron chi connectivity index (χ3n) is 2.39. The van der Waals surface area contributed by atoms with E-state index >= 15 is 0 Å². The van der Waals surface area contributed by atoms with E-state index in [2.05, 4.69) is 20.2 Å². The number of amides is 1. The van der Waals surface area contributed by atoms with Gasteiger partial charge in [0.25, 0.3) is 5.91 Å². The van der Waals surface area contributed by atoms with Crippen LogP contribution in [0, 0.1) is 0 Å². The Hall–Kier alpha value is -2.28. The third-order valence-corrected chi connectivity index (χ3v) is 2.57. The highest BCUT2D eigenvalue weighted by atomic mass is 35.5. The van der Waals surface area contributed by atoms with Crippen molar-refractivity contribution in [2.45, 2.75) is 6.54 Å². The van der Waals surface area contributed by atoms with E-state index in [1.54, 1.807) is 30.5 Å². The topological polar surface area (TPSA) is 97.9 Å². The molecule has 98 valence electrons. The van der Waals surface area contributed by atoms with Gasteiger partial charge >= 0.3 is 0 Å². The normalized spacial score (nSPS) is 10.2. The Morgan fingerprint density at radius 1 is 1.42 bits per heavy atom. The molecule has 0 aliphatic heterocycles. The molecule has 2 N–H and O–H groups in total. The first kappa shape index (κ1) is 13.2. The lowest BCUT2D eigenvalue weighted by atomic mass is 10.2. The molecule has 0 atom stereocenters. The van der Waals surface area contributed by atoms with Gasteiger partial charge in [0.05, 0.1) is 24.0 Å². The van der Waals surface area contributed by atoms with Gasteiger partial charge in [0.15, 0.2) is 11.0 Å². The number of hydrogen-bond donors (Lipinski definition) is 1. The number of rotatable bonds is 4. The van der Waals surface area contributed by atoms with Crippen molar-refractivity contribution in [1.82, 2.24) is 20.2 Å². The van der Waals surface area contributed by atoms with Crippen molar-refractivity contribution in [3.8, 4) is 0 Å². The van der Waals surface area contributed by atoms with Crippen LogP contribution in [0.3, 0.4) is 0 Å². The Morgan fingerprint density at radius 3 is 2.84 bits per heavy atom. The van der Waals surface area contributed by atoms with Crippen LogP contribution in [0.1, 0.15) is 16.1 Å². The predicted octanol–water partition coefficient (Wildman–Crippen LogP) is 0.655. The van der Waals surface area contributed by atoms with Crippen LogP contribution in [0.5, 0.6) is 0 Å². The average Bonchev–Trinajstić information content (AvgIpc) is 2.39. The minimum atomic E-state index is -0.613. The molecule has 2 rings (SSSR count). The van der Waals surface area contributed by atoms with E-state index in [0.29, 0.717) is 12.4 Å². The van der Waals surface area contributed by atoms with Crippen LogP contribution in [-0.4, -0.2) is 33.1 Å². The monoisotopic (exact) mass is 278 g/mol. The quantitative estimate of drug-likeness (QED) is 0.882. The van der Waals surface area contributed by atoms with E-state index in [-0.39, 0.29) is 10.7 Å². The zero-order chi connectivity index (χ0) is 13.8. The van der Waals surface area contributed by atoms with Crippen LogP contribution in [0.25, 0.3) is 0 Å². The zero-order valence-corrected chi connectivity index (χ0v) is 10.9. The fourth-order valence-corrected chi connectivity index (χ4v) is 1.70. The van der Waals surface area contributed by atoms with Crippen LogP contribution in [0.2, 0.25) is 5.15 Å². The molecule has 0 bridgehead atoms. The van der Waals surface area contributed by atoms with Crippen LogP contribution in [0.15, 0.2) is 24.7 Å². The summed E-state index contributed by atoms with van der Waals surface area (Å²) in [5, 5.41) is 7.72. The number of aromatic nitrogens is 4. The Bertz CT molecular complexity index is 591. The first-order valence-corrected chi connectivity index (χ1v) is 5.75. The second kappa shape index (κ2) is 5.57. The van der Waals surface area contributed by atoms with Crippen molar-refractivity contribution < 1.29 is 4.79 Å². The van der Waals surface area contributed by atoms with Crippen LogP contribution >= 0.6 is 11.6 Å². The molecule has 8 heteroatoms. The molecule has 19 heavy (non-hydrogen) atoms. The Balaban J connectivity index is 2.28. The second-order valence-electron chi connectivity index (χ2n) is 3.82. The average molecular weight is 279 g/mol. The summed E-state index contributed by atoms with van der Waals surface area (Å²) in [6, 6.07) is 1.39. The summed E-state index contributed by atoms with van der Waals surface area (Å²) in [7, 11) is 1.75. The molecule has 0 aromatic carbocycles. The molecule has 0 spiro atoms. The molecule has 7 nitrogen and oxygen atoms in total. The van der Waals surface area contributed by atoms with Gasteiger partial charge in [0, 0.05) is 19.4 Å². The molecule has 0 aliphatic carbocycles. The molecule has 0 saturated carbocycles. The van der Waals surface area contributed by atoms with Crippen molar-refractivity contribution in [3.63, 3.8) is 0 Å². The number of nitrogens with two attached hydrogens (primary N) is 1. The first-order valence-electron chi connectivity index (χ1n) is 5.37. The molecule has 1 amide bonds. The van der Waals surface area contributed by atoms with Crippen molar-refractivity contribution in [2.75, 3.05) is 11.9 Å². The lowest BCUT2D eigenvalue weighted by Gasteiger charge is -2.18. The van der Waals surface area contributed by atoms with Gasteiger partial charge < -0.3 is 10.6 Å². The van der Waals surface area contributed by atoms with E-state index < -0.39 is 5.91 Å². The van der Waals surface area contributed by atoms with Gasteiger partial charge in [-0.3, -0.25) is 14.8 Å². The van der Waals surface area contributed by atoms with Gasteiger partial charge in [0.1, 0.15) is 0 Å². The predicted molar refractivity (Wildman–Crippen MR) is 69.7 cm³/mol. The van der Waals surface area contributed by atoms with Crippen molar-refractivity contribution in [1.29, 1.82) is 0 Å². The van der Waals surface area contributed by atoms with Gasteiger partial charge in [-0.05, 0) is 6.07 Å². The Morgan fingerprint density at radius 2 is 2.21 bits per heavy atom. The maximum absolute atomic E-state index is 11.4. The summed E-state index contributed by atoms with van der Waals surface area (Å²) >= 11 is 5.70. The number of anilines is 1. The second-order valence-corrected chi connectivity index (χ2v) is 4.21. The fraction of sp³-hybridized carbons (Fsp3) is 0.182. The minimum Gasteiger partial charge on any atom is -0.365 e. The molecular weight excluding hydrogens is 268 g/mol. The first-order chi connectivity index (χ1) is 9.08. The molecule has 0 aliphatic rings. The van der Waals surface area contributed by atoms with E-state index in [1.165, 1.54) is 6.07 Å². The molecule has 0 radical (unpaired) electrons. The van der Waals surface area contributed by atoms with Gasteiger partial charge in [-0.25, -0.2) is 0 Å². The molecular formula is C11H11ClN6O. The SMILES string of the molecule is CN(Cc1cnccn1)c1nnc(Cl)cc1C(N)=O. The van der Waals surface area contributed by atoms with Crippen LogP contribution in [0.4, 0.5) is 5.82 Å². The Kier molecular flexibility index (Phi) is 3.86. The summed E-state index contributed by atoms with van der Waals surface area (Å²) in [6.45, 7) is 0.421. The maximum Gasteiger partial charge on any atom is 0.252 e. The lowest BCUT2D eigenvalue weighted by Crippen LogP contribution is -2.24. The smallest absolute Gasteiger partial charge is 0.252 e. The van der Waals surface area contributed by atoms with Gasteiger partial charge in [-0.1, -0.05) is 11.6 Å². The van der Waals surface area contributed by atoms with Crippen molar-refractivity contribution in [3.05, 3.63) is 41.1 Å². The number of carbonyl (C=O) groups excluding carboxylic acids is 1. The summed E-state index contributed by atoms with van der Waals surface area (Å²) in [6.07, 6.45) is 4.80. The standard InChI is InChI=1S/C11H11ClN6O/c1-18(6-7-5-14-2-3-15-7)11-8(10(13)19)4-9(12)16-17-11/h2-5H,6H2,1H3,(H2,13,19). The molecule has 2 aromatic rings. The minimum absolute atomic E-state index is 0.116. The molecule has 2 heterocycles. The van der Waals surface area contributed by atoms with Crippen molar-refractivity contribution in [2.24, 2.45) is 5.73 Å². The molecule has 0 saturated heterocycles. The summed E-state index contributed by atoms with van der Waals surface area (Å²) in [5.41, 5.74) is 6.24. The zero-order valence-electron chi connectivity index (χ0n) is 10.1. The molecule has 2 aromatic heterocycles. The summed E-state index contributed by atoms with van der Waals surface area (Å²) < 4.78 is 0. The highest BCUT2D eigenvalue weighted by molar-refractivity contribution is 6.29. The number of primary amides is 1. The fourth-order valence-electron chi connectivity index (χ4n) is 1.55. The molecule has 0 unspecified atom stereocenters. The van der Waals surface area contributed by atoms with E-state index in [9.17, 15) is 4.79 Å². The number of hydrogen-bond acceptors (Lipinski definition) is 6. The van der Waals surface area contributed by atoms with Crippen LogP contribution < -0.4 is 10.6 Å². The highest BCUT2D eigenvalue weighted by Gasteiger charge is 2.16. The summed E-state index contributed by atoms with van der Waals surface area (Å²) in [4.78, 5) is 21.2. The number of halogens is 1. The van der Waals surface area contributed by atoms with E-state index in [1.807, 2.05) is 0 Å². The van der Waals surface area contributed by atoms with Gasteiger partial charge in [-0.2, -0.15) is 0 Å². The van der Waals surface area contributed by atoms with Crippen molar-refractivity contribution >= 4 is 23.3 Å². The highest BCUT2D eigenvalue weighted by Crippen LogP contribution is 2.19. The molecule has 0 fully saturated rings.